The van der Waals surface area contributed by atoms with Crippen LogP contribution in [0.5, 0.6) is 0 Å². The van der Waals surface area contributed by atoms with E-state index >= 15 is 0 Å². The van der Waals surface area contributed by atoms with Crippen molar-refractivity contribution in [2.24, 2.45) is 0 Å². The molecular weight excluding hydrogens is 302 g/mol. The number of carbonyl (C=O) groups is 1. The smallest absolute Gasteiger partial charge is 0.328 e. The predicted molar refractivity (Wildman–Crippen MR) is 77.1 cm³/mol. The molecule has 0 unspecified atom stereocenters. The van der Waals surface area contributed by atoms with E-state index in [1.807, 2.05) is 6.07 Å². The monoisotopic (exact) mass is 313 g/mol. The van der Waals surface area contributed by atoms with E-state index in [1.165, 1.54) is 28.5 Å². The first-order chi connectivity index (χ1) is 9.45. The van der Waals surface area contributed by atoms with Gasteiger partial charge in [0, 0.05) is 24.2 Å². The van der Waals surface area contributed by atoms with Gasteiger partial charge in [-0.2, -0.15) is 0 Å². The van der Waals surface area contributed by atoms with E-state index in [9.17, 15) is 14.4 Å². The first kappa shape index (κ1) is 14.5. The van der Waals surface area contributed by atoms with Crippen LogP contribution in [-0.2, 0) is 17.9 Å². The Kier molecular flexibility index (Phi) is 4.41. The Bertz CT molecular complexity index is 734. The molecule has 6 nitrogen and oxygen atoms in total. The van der Waals surface area contributed by atoms with Gasteiger partial charge in [0.15, 0.2) is 0 Å². The number of hydrogen-bond acceptors (Lipinski definition) is 4. The van der Waals surface area contributed by atoms with Crippen LogP contribution in [0, 0.1) is 0 Å². The van der Waals surface area contributed by atoms with Gasteiger partial charge in [0.25, 0.3) is 5.56 Å². The van der Waals surface area contributed by atoms with E-state index < -0.39 is 11.2 Å². The van der Waals surface area contributed by atoms with Crippen molar-refractivity contribution in [2.45, 2.75) is 13.1 Å². The second kappa shape index (κ2) is 6.06. The summed E-state index contributed by atoms with van der Waals surface area (Å²) in [6.45, 7) is 0.305. The Labute approximate surface area is 123 Å². The van der Waals surface area contributed by atoms with E-state index in [-0.39, 0.29) is 12.5 Å². The van der Waals surface area contributed by atoms with Crippen molar-refractivity contribution in [1.29, 1.82) is 0 Å². The molecule has 0 fully saturated rings. The second-order valence-electron chi connectivity index (χ2n) is 4.19. The van der Waals surface area contributed by atoms with Crippen molar-refractivity contribution in [3.63, 3.8) is 0 Å². The lowest BCUT2D eigenvalue weighted by Gasteiger charge is -2.16. The van der Waals surface area contributed by atoms with Crippen molar-refractivity contribution in [1.82, 2.24) is 14.5 Å². The number of halogens is 1. The average Bonchev–Trinajstić information content (AvgIpc) is 2.78. The van der Waals surface area contributed by atoms with Crippen LogP contribution in [0.2, 0.25) is 4.34 Å². The number of nitrogens with one attached hydrogen (secondary N) is 1. The maximum absolute atomic E-state index is 12.0. The summed E-state index contributed by atoms with van der Waals surface area (Å²) in [7, 11) is 1.65. The third-order valence-electron chi connectivity index (χ3n) is 2.65. The lowest BCUT2D eigenvalue weighted by atomic mass is 10.4. The molecule has 106 valence electrons. The standard InChI is InChI=1S/C12H12ClN3O3S/c1-15(6-8-2-3-9(13)20-8)11(18)7-16-5-4-10(17)14-12(16)19/h2-5H,6-7H2,1H3,(H,14,17,19). The van der Waals surface area contributed by atoms with Gasteiger partial charge in [-0.25, -0.2) is 4.79 Å². The SMILES string of the molecule is CN(Cc1ccc(Cl)s1)C(=O)Cn1ccc(=O)[nH]c1=O. The highest BCUT2D eigenvalue weighted by atomic mass is 35.5. The summed E-state index contributed by atoms with van der Waals surface area (Å²) in [6.07, 6.45) is 1.30. The largest absolute Gasteiger partial charge is 0.339 e. The Morgan fingerprint density at radius 3 is 2.75 bits per heavy atom. The zero-order valence-corrected chi connectivity index (χ0v) is 12.2. The van der Waals surface area contributed by atoms with Crippen LogP contribution in [0.25, 0.3) is 0 Å². The Hall–Kier alpha value is -1.86. The van der Waals surface area contributed by atoms with Crippen LogP contribution in [0.15, 0.2) is 34.0 Å². The molecule has 2 rings (SSSR count). The van der Waals surface area contributed by atoms with Gasteiger partial charge in [-0.3, -0.25) is 19.1 Å². The highest BCUT2D eigenvalue weighted by Gasteiger charge is 2.12. The lowest BCUT2D eigenvalue weighted by Crippen LogP contribution is -2.36. The number of amides is 1. The number of carbonyl (C=O) groups excluding carboxylic acids is 1. The van der Waals surface area contributed by atoms with Gasteiger partial charge in [-0.15, -0.1) is 11.3 Å². The minimum atomic E-state index is -0.599. The maximum Gasteiger partial charge on any atom is 0.328 e. The Balaban J connectivity index is 2.04. The van der Waals surface area contributed by atoms with Crippen LogP contribution in [0.1, 0.15) is 4.88 Å². The molecule has 1 N–H and O–H groups in total. The molecule has 2 aromatic heterocycles. The Morgan fingerprint density at radius 1 is 1.40 bits per heavy atom. The summed E-state index contributed by atoms with van der Waals surface area (Å²) in [4.78, 5) is 39.0. The van der Waals surface area contributed by atoms with Gasteiger partial charge >= 0.3 is 5.69 Å². The average molecular weight is 314 g/mol. The summed E-state index contributed by atoms with van der Waals surface area (Å²) in [5.74, 6) is -0.233. The number of likely N-dealkylation sites (N-methyl/N-ethyl adjacent to an activating group) is 1. The van der Waals surface area contributed by atoms with Crippen molar-refractivity contribution in [3.8, 4) is 0 Å². The topological polar surface area (TPSA) is 75.2 Å². The fraction of sp³-hybridized carbons (Fsp3) is 0.250. The van der Waals surface area contributed by atoms with Gasteiger partial charge in [-0.1, -0.05) is 11.6 Å². The van der Waals surface area contributed by atoms with Crippen LogP contribution < -0.4 is 11.2 Å². The molecule has 0 spiro atoms. The van der Waals surface area contributed by atoms with Gasteiger partial charge in [-0.05, 0) is 12.1 Å². The predicted octanol–water partition coefficient (Wildman–Crippen LogP) is 0.910. The zero-order chi connectivity index (χ0) is 14.7. The summed E-state index contributed by atoms with van der Waals surface area (Å²) < 4.78 is 1.82. The molecule has 2 aromatic rings. The number of rotatable bonds is 4. The van der Waals surface area contributed by atoms with Crippen molar-refractivity contribution in [2.75, 3.05) is 7.05 Å². The number of thiophene rings is 1. The van der Waals surface area contributed by atoms with E-state index in [0.717, 1.165) is 9.44 Å². The Morgan fingerprint density at radius 2 is 2.15 bits per heavy atom. The van der Waals surface area contributed by atoms with Crippen molar-refractivity contribution in [3.05, 3.63) is 54.4 Å². The zero-order valence-electron chi connectivity index (χ0n) is 10.6. The molecular formula is C12H12ClN3O3S. The van der Waals surface area contributed by atoms with E-state index in [2.05, 4.69) is 4.98 Å². The number of aromatic nitrogens is 2. The molecule has 0 saturated carbocycles. The van der Waals surface area contributed by atoms with Gasteiger partial charge in [0.2, 0.25) is 5.91 Å². The third kappa shape index (κ3) is 3.58. The van der Waals surface area contributed by atoms with Gasteiger partial charge in [0.1, 0.15) is 6.54 Å². The van der Waals surface area contributed by atoms with Crippen LogP contribution in [0.4, 0.5) is 0 Å². The molecule has 2 heterocycles. The highest BCUT2D eigenvalue weighted by molar-refractivity contribution is 7.16. The number of nitrogens with zero attached hydrogens (tertiary/aromatic N) is 2. The van der Waals surface area contributed by atoms with Crippen LogP contribution in [0.3, 0.4) is 0 Å². The molecule has 0 atom stereocenters. The number of H-pyrrole nitrogens is 1. The molecule has 0 aliphatic heterocycles. The van der Waals surface area contributed by atoms with E-state index in [0.29, 0.717) is 10.9 Å². The highest BCUT2D eigenvalue weighted by Crippen LogP contribution is 2.22. The van der Waals surface area contributed by atoms with Gasteiger partial charge in [0.05, 0.1) is 10.9 Å². The number of aromatic amines is 1. The molecule has 0 saturated heterocycles. The van der Waals surface area contributed by atoms with Crippen LogP contribution >= 0.6 is 22.9 Å². The van der Waals surface area contributed by atoms with Crippen molar-refractivity contribution < 1.29 is 4.79 Å². The minimum absolute atomic E-state index is 0.120. The summed E-state index contributed by atoms with van der Waals surface area (Å²) in [5, 5.41) is 0. The lowest BCUT2D eigenvalue weighted by molar-refractivity contribution is -0.131. The molecule has 0 bridgehead atoms. The summed E-state index contributed by atoms with van der Waals surface area (Å²) >= 11 is 7.23. The summed E-state index contributed by atoms with van der Waals surface area (Å²) in [6, 6.07) is 4.82. The fourth-order valence-corrected chi connectivity index (χ4v) is 2.73. The fourth-order valence-electron chi connectivity index (χ4n) is 1.59. The van der Waals surface area contributed by atoms with Crippen molar-refractivity contribution >= 4 is 28.8 Å². The maximum atomic E-state index is 12.0. The first-order valence-corrected chi connectivity index (χ1v) is 6.93. The van der Waals surface area contributed by atoms with E-state index in [4.69, 9.17) is 11.6 Å². The molecule has 0 aromatic carbocycles. The first-order valence-electron chi connectivity index (χ1n) is 5.73. The van der Waals surface area contributed by atoms with Gasteiger partial charge < -0.3 is 4.90 Å². The molecule has 0 aliphatic rings. The molecule has 20 heavy (non-hydrogen) atoms. The summed E-state index contributed by atoms with van der Waals surface area (Å²) in [5.41, 5.74) is -1.08. The van der Waals surface area contributed by atoms with Crippen LogP contribution in [-0.4, -0.2) is 27.4 Å². The molecule has 0 radical (unpaired) electrons. The van der Waals surface area contributed by atoms with E-state index in [1.54, 1.807) is 13.1 Å². The quantitative estimate of drug-likeness (QED) is 0.911. The third-order valence-corrected chi connectivity index (χ3v) is 3.87. The second-order valence-corrected chi connectivity index (χ2v) is 5.99. The normalized spacial score (nSPS) is 10.5. The molecule has 8 heteroatoms. The molecule has 0 aliphatic carbocycles. The number of hydrogen-bond donors (Lipinski definition) is 1. The minimum Gasteiger partial charge on any atom is -0.339 e. The molecule has 1 amide bonds.